The van der Waals surface area contributed by atoms with Crippen molar-refractivity contribution in [3.8, 4) is 0 Å². The van der Waals surface area contributed by atoms with Crippen molar-refractivity contribution in [2.75, 3.05) is 40.4 Å². The third-order valence-electron chi connectivity index (χ3n) is 3.35. The zero-order valence-corrected chi connectivity index (χ0v) is 14.0. The van der Waals surface area contributed by atoms with Crippen molar-refractivity contribution in [1.82, 2.24) is 0 Å². The second kappa shape index (κ2) is 12.3. The van der Waals surface area contributed by atoms with Crippen LogP contribution in [0.25, 0.3) is 0 Å². The zero-order chi connectivity index (χ0) is 19.4. The number of carbonyl (C=O) groups is 2. The van der Waals surface area contributed by atoms with Gasteiger partial charge in [0.25, 0.3) is 0 Å². The van der Waals surface area contributed by atoms with Gasteiger partial charge in [-0.25, -0.2) is 9.59 Å². The minimum absolute atomic E-state index is 0.119. The summed E-state index contributed by atoms with van der Waals surface area (Å²) in [6.45, 7) is -1.01. The quantitative estimate of drug-likeness (QED) is 0.259. The van der Waals surface area contributed by atoms with Crippen molar-refractivity contribution >= 4 is 11.9 Å². The molecule has 10 heteroatoms. The first-order valence-corrected chi connectivity index (χ1v) is 7.66. The lowest BCUT2D eigenvalue weighted by atomic mass is 9.93. The van der Waals surface area contributed by atoms with E-state index >= 15 is 0 Å². The molecule has 0 amide bonds. The first-order valence-electron chi connectivity index (χ1n) is 7.66. The van der Waals surface area contributed by atoms with Gasteiger partial charge in [0.05, 0.1) is 24.3 Å². The third-order valence-corrected chi connectivity index (χ3v) is 3.35. The molecule has 0 radical (unpaired) electrons. The SMILES string of the molecule is O=C(O)c1cc(CCOCOCO)c(CCOCOCO)c(C(=O)O)c1. The van der Waals surface area contributed by atoms with Crippen LogP contribution < -0.4 is 0 Å². The van der Waals surface area contributed by atoms with Crippen LogP contribution in [0.3, 0.4) is 0 Å². The first-order chi connectivity index (χ1) is 12.5. The number of aliphatic hydroxyl groups is 2. The van der Waals surface area contributed by atoms with E-state index in [-0.39, 0.29) is 50.8 Å². The molecule has 1 aromatic carbocycles. The molecular weight excluding hydrogens is 352 g/mol. The smallest absolute Gasteiger partial charge is 0.335 e. The lowest BCUT2D eigenvalue weighted by molar-refractivity contribution is -0.108. The van der Waals surface area contributed by atoms with Crippen LogP contribution in [-0.4, -0.2) is 72.8 Å². The standard InChI is InChI=1S/C16H22O10/c17-7-25-9-23-3-1-11-5-12(15(19)20)6-14(16(21)22)13(11)2-4-24-10-26-8-18/h5-6,17-18H,1-4,7-10H2,(H,19,20)(H,21,22). The van der Waals surface area contributed by atoms with Crippen LogP contribution in [-0.2, 0) is 31.8 Å². The van der Waals surface area contributed by atoms with E-state index in [1.807, 2.05) is 0 Å². The Kier molecular flexibility index (Phi) is 10.4. The Morgan fingerprint density at radius 3 is 1.88 bits per heavy atom. The summed E-state index contributed by atoms with van der Waals surface area (Å²) in [6.07, 6.45) is 0.456. The Morgan fingerprint density at radius 1 is 0.808 bits per heavy atom. The number of hydrogen-bond acceptors (Lipinski definition) is 8. The number of benzene rings is 1. The summed E-state index contributed by atoms with van der Waals surface area (Å²) in [4.78, 5) is 22.8. The predicted octanol–water partition coefficient (Wildman–Crippen LogP) is 0.0490. The second-order valence-electron chi connectivity index (χ2n) is 4.99. The van der Waals surface area contributed by atoms with Crippen molar-refractivity contribution in [1.29, 1.82) is 0 Å². The summed E-state index contributed by atoms with van der Waals surface area (Å²) in [5, 5.41) is 35.6. The molecule has 10 nitrogen and oxygen atoms in total. The highest BCUT2D eigenvalue weighted by Crippen LogP contribution is 2.20. The summed E-state index contributed by atoms with van der Waals surface area (Å²) >= 11 is 0. The van der Waals surface area contributed by atoms with Crippen LogP contribution in [0.1, 0.15) is 31.8 Å². The molecule has 0 aliphatic rings. The van der Waals surface area contributed by atoms with Gasteiger partial charge in [-0.1, -0.05) is 0 Å². The largest absolute Gasteiger partial charge is 0.478 e. The van der Waals surface area contributed by atoms with Gasteiger partial charge in [0, 0.05) is 0 Å². The maximum atomic E-state index is 11.5. The number of carboxylic acids is 2. The summed E-state index contributed by atoms with van der Waals surface area (Å²) < 4.78 is 19.5. The molecule has 4 N–H and O–H groups in total. The highest BCUT2D eigenvalue weighted by Gasteiger charge is 2.18. The molecule has 0 spiro atoms. The van der Waals surface area contributed by atoms with Gasteiger partial charge >= 0.3 is 11.9 Å². The molecule has 1 aromatic rings. The predicted molar refractivity (Wildman–Crippen MR) is 85.7 cm³/mol. The molecule has 146 valence electrons. The van der Waals surface area contributed by atoms with Gasteiger partial charge in [-0.15, -0.1) is 0 Å². The average Bonchev–Trinajstić information content (AvgIpc) is 2.61. The Hall–Kier alpha value is -2.08. The van der Waals surface area contributed by atoms with E-state index in [1.54, 1.807) is 0 Å². The molecular formula is C16H22O10. The van der Waals surface area contributed by atoms with Crippen LogP contribution in [0.4, 0.5) is 0 Å². The number of aliphatic hydroxyl groups excluding tert-OH is 2. The van der Waals surface area contributed by atoms with Crippen LogP contribution in [0.5, 0.6) is 0 Å². The highest BCUT2D eigenvalue weighted by molar-refractivity contribution is 5.95. The fourth-order valence-electron chi connectivity index (χ4n) is 2.23. The van der Waals surface area contributed by atoms with E-state index in [1.165, 1.54) is 6.07 Å². The molecule has 0 unspecified atom stereocenters. The number of hydrogen-bond donors (Lipinski definition) is 4. The maximum absolute atomic E-state index is 11.5. The lowest BCUT2D eigenvalue weighted by Crippen LogP contribution is -2.14. The van der Waals surface area contributed by atoms with Gasteiger partial charge in [0.15, 0.2) is 0 Å². The average molecular weight is 374 g/mol. The monoisotopic (exact) mass is 374 g/mol. The van der Waals surface area contributed by atoms with Crippen molar-refractivity contribution in [3.05, 3.63) is 34.4 Å². The van der Waals surface area contributed by atoms with Gasteiger partial charge in [-0.2, -0.15) is 0 Å². The second-order valence-corrected chi connectivity index (χ2v) is 4.99. The van der Waals surface area contributed by atoms with E-state index in [2.05, 4.69) is 9.47 Å². The third kappa shape index (κ3) is 7.44. The Labute approximate surface area is 149 Å². The fourth-order valence-corrected chi connectivity index (χ4v) is 2.23. The number of rotatable bonds is 14. The van der Waals surface area contributed by atoms with Crippen molar-refractivity contribution in [2.45, 2.75) is 12.8 Å². The van der Waals surface area contributed by atoms with Gasteiger partial charge in [-0.3, -0.25) is 0 Å². The van der Waals surface area contributed by atoms with Crippen molar-refractivity contribution in [3.63, 3.8) is 0 Å². The molecule has 0 saturated carbocycles. The molecule has 0 aliphatic carbocycles. The van der Waals surface area contributed by atoms with E-state index in [0.29, 0.717) is 11.1 Å². The van der Waals surface area contributed by atoms with Crippen LogP contribution in [0.15, 0.2) is 12.1 Å². The fraction of sp³-hybridized carbons (Fsp3) is 0.500. The molecule has 0 heterocycles. The van der Waals surface area contributed by atoms with E-state index in [9.17, 15) is 19.8 Å². The molecule has 0 aliphatic heterocycles. The molecule has 26 heavy (non-hydrogen) atoms. The molecule has 0 saturated heterocycles. The zero-order valence-electron chi connectivity index (χ0n) is 14.0. The van der Waals surface area contributed by atoms with E-state index in [0.717, 1.165) is 6.07 Å². The maximum Gasteiger partial charge on any atom is 0.335 e. The number of carboxylic acid groups (broad SMARTS) is 2. The first kappa shape index (κ1) is 22.0. The molecule has 0 atom stereocenters. The van der Waals surface area contributed by atoms with Crippen molar-refractivity contribution in [2.24, 2.45) is 0 Å². The minimum atomic E-state index is -1.25. The molecule has 0 aromatic heterocycles. The topological polar surface area (TPSA) is 152 Å². The number of aromatic carboxylic acids is 2. The van der Waals surface area contributed by atoms with Crippen molar-refractivity contribution < 1.29 is 49.0 Å². The van der Waals surface area contributed by atoms with Crippen LogP contribution in [0, 0.1) is 0 Å². The Morgan fingerprint density at radius 2 is 1.38 bits per heavy atom. The normalized spacial score (nSPS) is 10.8. The Balaban J connectivity index is 2.95. The highest BCUT2D eigenvalue weighted by atomic mass is 16.7. The Bertz CT molecular complexity index is 587. The summed E-state index contributed by atoms with van der Waals surface area (Å²) in [6, 6.07) is 2.49. The van der Waals surface area contributed by atoms with E-state index in [4.69, 9.17) is 19.7 Å². The molecule has 0 bridgehead atoms. The summed E-state index contributed by atoms with van der Waals surface area (Å²) in [7, 11) is 0. The van der Waals surface area contributed by atoms with E-state index < -0.39 is 25.5 Å². The summed E-state index contributed by atoms with van der Waals surface area (Å²) in [5.74, 6) is -2.49. The number of ether oxygens (including phenoxy) is 4. The minimum Gasteiger partial charge on any atom is -0.478 e. The van der Waals surface area contributed by atoms with Gasteiger partial charge in [-0.05, 0) is 36.1 Å². The van der Waals surface area contributed by atoms with Gasteiger partial charge < -0.3 is 39.4 Å². The lowest BCUT2D eigenvalue weighted by Gasteiger charge is -2.15. The van der Waals surface area contributed by atoms with Crippen LogP contribution >= 0.6 is 0 Å². The van der Waals surface area contributed by atoms with Gasteiger partial charge in [0.1, 0.15) is 27.2 Å². The van der Waals surface area contributed by atoms with Gasteiger partial charge in [0.2, 0.25) is 0 Å². The van der Waals surface area contributed by atoms with Crippen LogP contribution in [0.2, 0.25) is 0 Å². The molecule has 1 rings (SSSR count). The molecule has 0 fully saturated rings. The summed E-state index contributed by atoms with van der Waals surface area (Å²) in [5.41, 5.74) is 0.659.